The van der Waals surface area contributed by atoms with E-state index in [0.717, 1.165) is 5.56 Å². The summed E-state index contributed by atoms with van der Waals surface area (Å²) in [5, 5.41) is 9.50. The quantitative estimate of drug-likeness (QED) is 0.324. The molecular formula is C24H22O5. The Morgan fingerprint density at radius 2 is 1.45 bits per heavy atom. The van der Waals surface area contributed by atoms with Gasteiger partial charge in [0.2, 0.25) is 0 Å². The molecule has 0 amide bonds. The highest BCUT2D eigenvalue weighted by Crippen LogP contribution is 2.25. The molecule has 0 saturated heterocycles. The summed E-state index contributed by atoms with van der Waals surface area (Å²) in [5.41, 5.74) is 1.68. The van der Waals surface area contributed by atoms with E-state index in [2.05, 4.69) is 0 Å². The molecule has 3 rings (SSSR count). The molecule has 0 radical (unpaired) electrons. The lowest BCUT2D eigenvalue weighted by Crippen LogP contribution is -2.09. The van der Waals surface area contributed by atoms with E-state index in [1.54, 1.807) is 37.5 Å². The lowest BCUT2D eigenvalue weighted by molar-refractivity contribution is -0.130. The predicted molar refractivity (Wildman–Crippen MR) is 112 cm³/mol. The Bertz CT molecular complexity index is 962. The van der Waals surface area contributed by atoms with Crippen molar-refractivity contribution in [2.45, 2.75) is 0 Å². The van der Waals surface area contributed by atoms with Crippen molar-refractivity contribution in [3.8, 4) is 17.2 Å². The molecule has 3 aromatic carbocycles. The standard InChI is InChI=1S/C24H22O5/c1-27-22-9-5-6-10-23(22)29-16-15-28-20-13-11-18(12-14-20)17-21(24(25)26)19-7-3-2-4-8-19/h2-14,17H,15-16H2,1H3,(H,25,26)/b21-17+. The van der Waals surface area contributed by atoms with Gasteiger partial charge in [0, 0.05) is 0 Å². The summed E-state index contributed by atoms with van der Waals surface area (Å²) in [7, 11) is 1.60. The molecule has 0 unspecified atom stereocenters. The van der Waals surface area contributed by atoms with Gasteiger partial charge in [0.15, 0.2) is 11.5 Å². The lowest BCUT2D eigenvalue weighted by Gasteiger charge is -2.11. The predicted octanol–water partition coefficient (Wildman–Crippen LogP) is 4.78. The molecule has 0 aromatic heterocycles. The average Bonchev–Trinajstić information content (AvgIpc) is 2.76. The summed E-state index contributed by atoms with van der Waals surface area (Å²) in [6.45, 7) is 0.747. The second-order valence-corrected chi connectivity index (χ2v) is 6.15. The molecule has 0 spiro atoms. The molecule has 5 nitrogen and oxygen atoms in total. The SMILES string of the molecule is COc1ccccc1OCCOc1ccc(/C=C(/C(=O)O)c2ccccc2)cc1. The average molecular weight is 390 g/mol. The second-order valence-electron chi connectivity index (χ2n) is 6.15. The lowest BCUT2D eigenvalue weighted by atomic mass is 10.0. The molecule has 0 fully saturated rings. The van der Waals surface area contributed by atoms with E-state index in [4.69, 9.17) is 14.2 Å². The summed E-state index contributed by atoms with van der Waals surface area (Å²) < 4.78 is 16.6. The minimum absolute atomic E-state index is 0.240. The van der Waals surface area contributed by atoms with E-state index >= 15 is 0 Å². The van der Waals surface area contributed by atoms with Crippen LogP contribution in [0.25, 0.3) is 11.6 Å². The van der Waals surface area contributed by atoms with Crippen molar-refractivity contribution < 1.29 is 24.1 Å². The topological polar surface area (TPSA) is 65.0 Å². The van der Waals surface area contributed by atoms with Crippen LogP contribution in [-0.4, -0.2) is 31.4 Å². The summed E-state index contributed by atoms with van der Waals surface area (Å²) in [6.07, 6.45) is 1.65. The van der Waals surface area contributed by atoms with Crippen molar-refractivity contribution in [2.75, 3.05) is 20.3 Å². The molecule has 5 heteroatoms. The van der Waals surface area contributed by atoms with Gasteiger partial charge in [0.25, 0.3) is 0 Å². The third-order valence-electron chi connectivity index (χ3n) is 4.19. The van der Waals surface area contributed by atoms with Crippen molar-refractivity contribution in [3.05, 3.63) is 90.0 Å². The van der Waals surface area contributed by atoms with E-state index in [0.29, 0.717) is 36.0 Å². The van der Waals surface area contributed by atoms with Gasteiger partial charge in [-0.2, -0.15) is 0 Å². The molecule has 0 aliphatic carbocycles. The molecule has 0 heterocycles. The van der Waals surface area contributed by atoms with Crippen molar-refractivity contribution in [1.82, 2.24) is 0 Å². The number of aliphatic carboxylic acids is 1. The molecule has 29 heavy (non-hydrogen) atoms. The largest absolute Gasteiger partial charge is 0.493 e. The van der Waals surface area contributed by atoms with E-state index in [9.17, 15) is 9.90 Å². The minimum Gasteiger partial charge on any atom is -0.493 e. The Morgan fingerprint density at radius 3 is 2.10 bits per heavy atom. The van der Waals surface area contributed by atoms with Crippen molar-refractivity contribution in [2.24, 2.45) is 0 Å². The van der Waals surface area contributed by atoms with Crippen LogP contribution in [-0.2, 0) is 4.79 Å². The number of hydrogen-bond acceptors (Lipinski definition) is 4. The van der Waals surface area contributed by atoms with Crippen LogP contribution in [0.5, 0.6) is 17.2 Å². The number of para-hydroxylation sites is 2. The van der Waals surface area contributed by atoms with Gasteiger partial charge in [-0.05, 0) is 41.5 Å². The van der Waals surface area contributed by atoms with Crippen LogP contribution in [0, 0.1) is 0 Å². The van der Waals surface area contributed by atoms with Crippen LogP contribution in [0.2, 0.25) is 0 Å². The van der Waals surface area contributed by atoms with Gasteiger partial charge in [-0.15, -0.1) is 0 Å². The smallest absolute Gasteiger partial charge is 0.336 e. The third kappa shape index (κ3) is 5.62. The first-order valence-electron chi connectivity index (χ1n) is 9.16. The number of carbonyl (C=O) groups is 1. The van der Waals surface area contributed by atoms with Crippen LogP contribution in [0.1, 0.15) is 11.1 Å². The van der Waals surface area contributed by atoms with Gasteiger partial charge < -0.3 is 19.3 Å². The fourth-order valence-corrected chi connectivity index (χ4v) is 2.76. The van der Waals surface area contributed by atoms with Crippen LogP contribution in [0.3, 0.4) is 0 Å². The Balaban J connectivity index is 1.58. The number of carboxylic acid groups (broad SMARTS) is 1. The molecule has 0 bridgehead atoms. The number of rotatable bonds is 9. The number of hydrogen-bond donors (Lipinski definition) is 1. The van der Waals surface area contributed by atoms with Crippen molar-refractivity contribution in [1.29, 1.82) is 0 Å². The van der Waals surface area contributed by atoms with Gasteiger partial charge in [-0.1, -0.05) is 54.6 Å². The first kappa shape index (κ1) is 20.0. The summed E-state index contributed by atoms with van der Waals surface area (Å²) >= 11 is 0. The highest BCUT2D eigenvalue weighted by atomic mass is 16.5. The first-order valence-corrected chi connectivity index (χ1v) is 9.16. The Hall–Kier alpha value is -3.73. The van der Waals surface area contributed by atoms with Crippen LogP contribution in [0.4, 0.5) is 0 Å². The Kier molecular flexibility index (Phi) is 6.90. The normalized spacial score (nSPS) is 11.0. The number of benzene rings is 3. The fraction of sp³-hybridized carbons (Fsp3) is 0.125. The van der Waals surface area contributed by atoms with E-state index in [1.165, 1.54) is 0 Å². The fourth-order valence-electron chi connectivity index (χ4n) is 2.76. The molecule has 0 aliphatic rings. The minimum atomic E-state index is -0.968. The maximum absolute atomic E-state index is 11.6. The Labute approximate surface area is 169 Å². The third-order valence-corrected chi connectivity index (χ3v) is 4.19. The first-order chi connectivity index (χ1) is 14.2. The van der Waals surface area contributed by atoms with Gasteiger partial charge in [-0.3, -0.25) is 0 Å². The summed E-state index contributed by atoms with van der Waals surface area (Å²) in [6, 6.07) is 23.7. The summed E-state index contributed by atoms with van der Waals surface area (Å²) in [4.78, 5) is 11.6. The zero-order chi connectivity index (χ0) is 20.5. The van der Waals surface area contributed by atoms with Crippen LogP contribution >= 0.6 is 0 Å². The Morgan fingerprint density at radius 1 is 0.828 bits per heavy atom. The maximum atomic E-state index is 11.6. The molecule has 0 saturated carbocycles. The van der Waals surface area contributed by atoms with Crippen molar-refractivity contribution in [3.63, 3.8) is 0 Å². The molecule has 3 aromatic rings. The molecule has 0 aliphatic heterocycles. The highest BCUT2D eigenvalue weighted by molar-refractivity contribution is 6.20. The van der Waals surface area contributed by atoms with Gasteiger partial charge in [0.05, 0.1) is 12.7 Å². The summed E-state index contributed by atoms with van der Waals surface area (Å²) in [5.74, 6) is 1.06. The highest BCUT2D eigenvalue weighted by Gasteiger charge is 2.10. The number of methoxy groups -OCH3 is 1. The monoisotopic (exact) mass is 390 g/mol. The van der Waals surface area contributed by atoms with Crippen LogP contribution < -0.4 is 14.2 Å². The molecular weight excluding hydrogens is 368 g/mol. The van der Waals surface area contributed by atoms with E-state index in [-0.39, 0.29) is 5.57 Å². The molecule has 148 valence electrons. The maximum Gasteiger partial charge on any atom is 0.336 e. The second kappa shape index (κ2) is 9.99. The number of carboxylic acids is 1. The number of ether oxygens (including phenoxy) is 3. The van der Waals surface area contributed by atoms with Crippen molar-refractivity contribution >= 4 is 17.6 Å². The van der Waals surface area contributed by atoms with Crippen LogP contribution in [0.15, 0.2) is 78.9 Å². The molecule has 1 N–H and O–H groups in total. The van der Waals surface area contributed by atoms with E-state index in [1.807, 2.05) is 54.6 Å². The van der Waals surface area contributed by atoms with Gasteiger partial charge in [0.1, 0.15) is 19.0 Å². The van der Waals surface area contributed by atoms with Gasteiger partial charge >= 0.3 is 5.97 Å². The molecule has 0 atom stereocenters. The van der Waals surface area contributed by atoms with E-state index < -0.39 is 5.97 Å². The zero-order valence-electron chi connectivity index (χ0n) is 16.1. The van der Waals surface area contributed by atoms with Gasteiger partial charge in [-0.25, -0.2) is 4.79 Å². The zero-order valence-corrected chi connectivity index (χ0v) is 16.1.